The fourth-order valence-electron chi connectivity index (χ4n) is 3.31. The van der Waals surface area contributed by atoms with E-state index in [1.807, 2.05) is 7.11 Å². The molecule has 15 heavy (non-hydrogen) atoms. The average Bonchev–Trinajstić information content (AvgIpc) is 2.31. The van der Waals surface area contributed by atoms with Gasteiger partial charge in [0, 0.05) is 19.2 Å². The highest BCUT2D eigenvalue weighted by molar-refractivity contribution is 4.95. The highest BCUT2D eigenvalue weighted by Crippen LogP contribution is 2.41. The molecular weight excluding hydrogens is 186 g/mol. The third kappa shape index (κ3) is 2.54. The highest BCUT2D eigenvalue weighted by Gasteiger charge is 2.39. The lowest BCUT2D eigenvalue weighted by atomic mass is 9.87. The van der Waals surface area contributed by atoms with Crippen LogP contribution in [0.2, 0.25) is 0 Å². The molecule has 0 spiro atoms. The first-order valence-corrected chi connectivity index (χ1v) is 6.29. The van der Waals surface area contributed by atoms with Gasteiger partial charge in [0.05, 0.1) is 6.10 Å². The molecule has 0 aromatic rings. The standard InChI is InChI=1S/C13H25NO/c1-9-7-13(2,3)8-12(9)14-10-5-11(6-10)15-4/h9-12,14H,5-8H2,1-4H3. The molecule has 0 aromatic carbocycles. The molecule has 0 saturated heterocycles. The molecule has 2 unspecified atom stereocenters. The summed E-state index contributed by atoms with van der Waals surface area (Å²) < 4.78 is 5.31. The molecule has 0 radical (unpaired) electrons. The number of methoxy groups -OCH3 is 1. The van der Waals surface area contributed by atoms with Crippen molar-refractivity contribution in [3.63, 3.8) is 0 Å². The molecule has 2 saturated carbocycles. The van der Waals surface area contributed by atoms with Crippen molar-refractivity contribution in [1.82, 2.24) is 5.32 Å². The summed E-state index contributed by atoms with van der Waals surface area (Å²) in [6.07, 6.45) is 5.64. The number of rotatable bonds is 3. The van der Waals surface area contributed by atoms with Gasteiger partial charge in [-0.05, 0) is 37.0 Å². The van der Waals surface area contributed by atoms with Crippen LogP contribution in [0.5, 0.6) is 0 Å². The molecule has 88 valence electrons. The summed E-state index contributed by atoms with van der Waals surface area (Å²) in [6, 6.07) is 1.46. The van der Waals surface area contributed by atoms with Crippen LogP contribution in [0.4, 0.5) is 0 Å². The van der Waals surface area contributed by atoms with Crippen molar-refractivity contribution in [2.75, 3.05) is 7.11 Å². The maximum absolute atomic E-state index is 5.31. The molecule has 2 rings (SSSR count). The van der Waals surface area contributed by atoms with E-state index >= 15 is 0 Å². The minimum atomic E-state index is 0.521. The summed E-state index contributed by atoms with van der Waals surface area (Å²) in [5, 5.41) is 3.80. The molecule has 1 N–H and O–H groups in total. The van der Waals surface area contributed by atoms with Crippen molar-refractivity contribution < 1.29 is 4.74 Å². The van der Waals surface area contributed by atoms with E-state index < -0.39 is 0 Å². The van der Waals surface area contributed by atoms with Crippen molar-refractivity contribution >= 4 is 0 Å². The monoisotopic (exact) mass is 211 g/mol. The maximum atomic E-state index is 5.31. The molecule has 0 aromatic heterocycles. The molecule has 2 fully saturated rings. The lowest BCUT2D eigenvalue weighted by Gasteiger charge is -2.37. The van der Waals surface area contributed by atoms with Crippen molar-refractivity contribution in [1.29, 1.82) is 0 Å². The number of nitrogens with one attached hydrogen (secondary N) is 1. The van der Waals surface area contributed by atoms with Gasteiger partial charge in [-0.1, -0.05) is 20.8 Å². The summed E-state index contributed by atoms with van der Waals surface area (Å²) in [6.45, 7) is 7.17. The highest BCUT2D eigenvalue weighted by atomic mass is 16.5. The van der Waals surface area contributed by atoms with E-state index in [0.717, 1.165) is 18.0 Å². The molecule has 0 bridgehead atoms. The van der Waals surface area contributed by atoms with Crippen molar-refractivity contribution in [3.8, 4) is 0 Å². The Hall–Kier alpha value is -0.0800. The Morgan fingerprint density at radius 2 is 1.87 bits per heavy atom. The second-order valence-electron chi connectivity index (χ2n) is 6.35. The van der Waals surface area contributed by atoms with Crippen LogP contribution < -0.4 is 5.32 Å². The van der Waals surface area contributed by atoms with Gasteiger partial charge in [0.25, 0.3) is 0 Å². The van der Waals surface area contributed by atoms with Gasteiger partial charge in [-0.3, -0.25) is 0 Å². The molecule has 0 heterocycles. The normalized spacial score (nSPS) is 44.0. The van der Waals surface area contributed by atoms with Crippen LogP contribution in [0.3, 0.4) is 0 Å². The molecular formula is C13H25NO. The summed E-state index contributed by atoms with van der Waals surface area (Å²) in [5.74, 6) is 0.835. The summed E-state index contributed by atoms with van der Waals surface area (Å²) in [4.78, 5) is 0. The Morgan fingerprint density at radius 1 is 1.20 bits per heavy atom. The van der Waals surface area contributed by atoms with Crippen molar-refractivity contribution in [3.05, 3.63) is 0 Å². The van der Waals surface area contributed by atoms with Gasteiger partial charge in [0.15, 0.2) is 0 Å². The fraction of sp³-hybridized carbons (Fsp3) is 1.00. The zero-order chi connectivity index (χ0) is 11.1. The van der Waals surface area contributed by atoms with Gasteiger partial charge in [0.1, 0.15) is 0 Å². The van der Waals surface area contributed by atoms with E-state index in [1.54, 1.807) is 0 Å². The van der Waals surface area contributed by atoms with Gasteiger partial charge in [-0.25, -0.2) is 0 Å². The lowest BCUT2D eigenvalue weighted by molar-refractivity contribution is 0.0128. The van der Waals surface area contributed by atoms with Crippen LogP contribution in [0, 0.1) is 11.3 Å². The predicted octanol–water partition coefficient (Wildman–Crippen LogP) is 2.58. The van der Waals surface area contributed by atoms with E-state index in [-0.39, 0.29) is 0 Å². The van der Waals surface area contributed by atoms with Crippen molar-refractivity contribution in [2.24, 2.45) is 11.3 Å². The molecule has 2 aliphatic carbocycles. The first kappa shape index (κ1) is 11.4. The van der Waals surface area contributed by atoms with Crippen LogP contribution in [0.15, 0.2) is 0 Å². The third-order valence-electron chi connectivity index (χ3n) is 4.21. The number of hydrogen-bond acceptors (Lipinski definition) is 2. The SMILES string of the molecule is COC1CC(NC2CC(C)(C)CC2C)C1. The van der Waals surface area contributed by atoms with Gasteiger partial charge >= 0.3 is 0 Å². The van der Waals surface area contributed by atoms with E-state index in [0.29, 0.717) is 11.5 Å². The second-order valence-corrected chi connectivity index (χ2v) is 6.35. The van der Waals surface area contributed by atoms with Gasteiger partial charge in [-0.15, -0.1) is 0 Å². The topological polar surface area (TPSA) is 21.3 Å². The Balaban J connectivity index is 1.77. The smallest absolute Gasteiger partial charge is 0.0601 e. The summed E-state index contributed by atoms with van der Waals surface area (Å²) in [5.41, 5.74) is 0.543. The number of hydrogen-bond donors (Lipinski definition) is 1. The molecule has 0 amide bonds. The van der Waals surface area contributed by atoms with Crippen LogP contribution in [-0.4, -0.2) is 25.3 Å². The van der Waals surface area contributed by atoms with Crippen LogP contribution in [0.25, 0.3) is 0 Å². The van der Waals surface area contributed by atoms with Gasteiger partial charge in [-0.2, -0.15) is 0 Å². The van der Waals surface area contributed by atoms with E-state index in [9.17, 15) is 0 Å². The fourth-order valence-corrected chi connectivity index (χ4v) is 3.31. The van der Waals surface area contributed by atoms with E-state index in [4.69, 9.17) is 4.74 Å². The zero-order valence-electron chi connectivity index (χ0n) is 10.5. The minimum absolute atomic E-state index is 0.521. The maximum Gasteiger partial charge on any atom is 0.0601 e. The second kappa shape index (κ2) is 4.06. The molecule has 2 atom stereocenters. The van der Waals surface area contributed by atoms with Crippen LogP contribution in [-0.2, 0) is 4.74 Å². The third-order valence-corrected chi connectivity index (χ3v) is 4.21. The predicted molar refractivity (Wildman–Crippen MR) is 62.9 cm³/mol. The zero-order valence-corrected chi connectivity index (χ0v) is 10.5. The Bertz CT molecular complexity index is 221. The minimum Gasteiger partial charge on any atom is -0.381 e. The molecule has 2 aliphatic rings. The van der Waals surface area contributed by atoms with Crippen LogP contribution >= 0.6 is 0 Å². The van der Waals surface area contributed by atoms with Gasteiger partial charge in [0.2, 0.25) is 0 Å². The van der Waals surface area contributed by atoms with Crippen LogP contribution in [0.1, 0.15) is 46.5 Å². The molecule has 2 heteroatoms. The summed E-state index contributed by atoms with van der Waals surface area (Å²) >= 11 is 0. The molecule has 2 nitrogen and oxygen atoms in total. The lowest BCUT2D eigenvalue weighted by Crippen LogP contribution is -2.50. The van der Waals surface area contributed by atoms with Gasteiger partial charge < -0.3 is 10.1 Å². The quantitative estimate of drug-likeness (QED) is 0.774. The largest absolute Gasteiger partial charge is 0.381 e. The Morgan fingerprint density at radius 3 is 2.33 bits per heavy atom. The number of ether oxygens (including phenoxy) is 1. The summed E-state index contributed by atoms with van der Waals surface area (Å²) in [7, 11) is 1.82. The Kier molecular flexibility index (Phi) is 3.09. The van der Waals surface area contributed by atoms with E-state index in [1.165, 1.54) is 25.7 Å². The first-order valence-electron chi connectivity index (χ1n) is 6.29. The first-order chi connectivity index (χ1) is 7.00. The average molecular weight is 211 g/mol. The Labute approximate surface area is 93.8 Å². The van der Waals surface area contributed by atoms with E-state index in [2.05, 4.69) is 26.1 Å². The molecule has 0 aliphatic heterocycles. The van der Waals surface area contributed by atoms with Crippen molar-refractivity contribution in [2.45, 2.75) is 64.6 Å².